The summed E-state index contributed by atoms with van der Waals surface area (Å²) in [7, 11) is 1.82. The van der Waals surface area contributed by atoms with Crippen LogP contribution in [0.1, 0.15) is 94.5 Å². The summed E-state index contributed by atoms with van der Waals surface area (Å²) in [4.78, 5) is 30.8. The van der Waals surface area contributed by atoms with Crippen molar-refractivity contribution in [1.82, 2.24) is 20.3 Å². The van der Waals surface area contributed by atoms with Gasteiger partial charge in [0.05, 0.1) is 17.8 Å². The fourth-order valence-corrected chi connectivity index (χ4v) is 6.00. The number of rotatable bonds is 9. The van der Waals surface area contributed by atoms with Gasteiger partial charge in [-0.25, -0.2) is 23.7 Å². The van der Waals surface area contributed by atoms with Crippen LogP contribution in [0.5, 0.6) is 0 Å². The molecule has 262 valence electrons. The Labute approximate surface area is 284 Å². The smallest absolute Gasteiger partial charge is 0.150 e. The second-order valence-electron chi connectivity index (χ2n) is 12.2. The van der Waals surface area contributed by atoms with Crippen molar-refractivity contribution in [3.63, 3.8) is 0 Å². The van der Waals surface area contributed by atoms with E-state index in [1.165, 1.54) is 13.3 Å². The zero-order chi connectivity index (χ0) is 35.2. The maximum atomic E-state index is 15.1. The highest BCUT2D eigenvalue weighted by Gasteiger charge is 2.37. The number of anilines is 2. The standard InChI is InChI=1S/C21H29FN6.C14H18FNO2.C2H6/c1-5-10-24-19-14(3)26-12-27-20(19)15-7-6-11-25-21(15)28-18-13(2)8-9-16(23-4)17(18)22;1-10(15)12-6-11(9-17)7-13(8-12)16-4-2-14(18)3-5-16;1-2/h6-7,10-13,16-18,23H,5,8-9H2,1-4H3,(H,25,28);6-10,14,18H,2-5H2,1H3;1-2H3. The Hall–Kier alpha value is -3.83. The van der Waals surface area contributed by atoms with Crippen LogP contribution in [0.3, 0.4) is 0 Å². The molecule has 5 rings (SSSR count). The van der Waals surface area contributed by atoms with Crippen LogP contribution >= 0.6 is 0 Å². The van der Waals surface area contributed by atoms with Crippen LogP contribution in [-0.2, 0) is 0 Å². The zero-order valence-corrected chi connectivity index (χ0v) is 29.5. The predicted molar refractivity (Wildman–Crippen MR) is 192 cm³/mol. The molecule has 2 aromatic heterocycles. The Balaban J connectivity index is 0.000000269. The fraction of sp³-hybridized carbons (Fsp3) is 0.541. The minimum absolute atomic E-state index is 0.146. The number of aryl methyl sites for hydroxylation is 1. The van der Waals surface area contributed by atoms with E-state index in [-0.39, 0.29) is 24.1 Å². The van der Waals surface area contributed by atoms with E-state index in [1.807, 2.05) is 53.1 Å². The summed E-state index contributed by atoms with van der Waals surface area (Å²) in [6.07, 6.45) is 7.57. The molecular weight excluding hydrogens is 612 g/mol. The monoisotopic (exact) mass is 665 g/mol. The quantitative estimate of drug-likeness (QED) is 0.158. The largest absolute Gasteiger partial charge is 0.393 e. The van der Waals surface area contributed by atoms with Gasteiger partial charge in [-0.3, -0.25) is 9.79 Å². The highest BCUT2D eigenvalue weighted by Crippen LogP contribution is 2.36. The molecule has 1 aliphatic heterocycles. The average molecular weight is 666 g/mol. The van der Waals surface area contributed by atoms with E-state index in [4.69, 9.17) is 0 Å². The number of nitrogens with zero attached hydrogens (tertiary/aromatic N) is 5. The predicted octanol–water partition coefficient (Wildman–Crippen LogP) is 7.61. The van der Waals surface area contributed by atoms with Crippen molar-refractivity contribution in [3.05, 3.63) is 59.7 Å². The third kappa shape index (κ3) is 10.1. The lowest BCUT2D eigenvalue weighted by Gasteiger charge is -2.38. The molecule has 3 N–H and O–H groups in total. The van der Waals surface area contributed by atoms with Gasteiger partial charge in [0.2, 0.25) is 0 Å². The van der Waals surface area contributed by atoms with E-state index in [9.17, 15) is 14.3 Å². The third-order valence-corrected chi connectivity index (χ3v) is 8.81. The molecule has 2 fully saturated rings. The maximum Gasteiger partial charge on any atom is 0.150 e. The zero-order valence-electron chi connectivity index (χ0n) is 29.5. The van der Waals surface area contributed by atoms with Crippen molar-refractivity contribution in [1.29, 1.82) is 0 Å². The van der Waals surface area contributed by atoms with Gasteiger partial charge in [0.15, 0.2) is 0 Å². The molecule has 1 saturated carbocycles. The van der Waals surface area contributed by atoms with Gasteiger partial charge in [-0.2, -0.15) is 0 Å². The van der Waals surface area contributed by atoms with Gasteiger partial charge in [-0.05, 0) is 94.8 Å². The molecule has 0 amide bonds. The number of alkyl halides is 2. The summed E-state index contributed by atoms with van der Waals surface area (Å²) in [6.45, 7) is 13.0. The van der Waals surface area contributed by atoms with E-state index < -0.39 is 12.3 Å². The van der Waals surface area contributed by atoms with Crippen molar-refractivity contribution in [3.8, 4) is 11.3 Å². The molecule has 5 unspecified atom stereocenters. The van der Waals surface area contributed by atoms with Crippen LogP contribution < -0.4 is 15.5 Å². The summed E-state index contributed by atoms with van der Waals surface area (Å²) in [5.74, 6) is 0.837. The summed E-state index contributed by atoms with van der Waals surface area (Å²) < 4.78 is 28.5. The van der Waals surface area contributed by atoms with E-state index >= 15 is 4.39 Å². The number of benzene rings is 1. The molecule has 1 aromatic carbocycles. The number of aliphatic hydroxyl groups is 1. The Kier molecular flexibility index (Phi) is 15.5. The Bertz CT molecular complexity index is 1460. The SMILES string of the molecule is CC.CC(F)c1cc(C=O)cc(N2CCC(O)CC2)c1.CCC=Nc1c(C)ncnc1-c1cccnc1NC1C(C)CCC(NC)C1F. The minimum Gasteiger partial charge on any atom is -0.393 e. The van der Waals surface area contributed by atoms with Crippen molar-refractivity contribution >= 4 is 29.7 Å². The molecule has 1 aliphatic carbocycles. The second kappa shape index (κ2) is 19.2. The lowest BCUT2D eigenvalue weighted by molar-refractivity contribution is 0.112. The van der Waals surface area contributed by atoms with Crippen LogP contribution in [0.15, 0.2) is 47.8 Å². The van der Waals surface area contributed by atoms with Gasteiger partial charge in [0.25, 0.3) is 0 Å². The van der Waals surface area contributed by atoms with E-state index in [2.05, 4.69) is 42.4 Å². The first-order valence-corrected chi connectivity index (χ1v) is 17.2. The number of piperidine rings is 1. The lowest BCUT2D eigenvalue weighted by Crippen LogP contribution is -2.52. The van der Waals surface area contributed by atoms with Gasteiger partial charge in [-0.15, -0.1) is 0 Å². The number of aliphatic imine (C=N–C) groups is 1. The van der Waals surface area contributed by atoms with Crippen LogP contribution in [0.25, 0.3) is 11.3 Å². The molecular formula is C37H53F2N7O2. The first-order valence-electron chi connectivity index (χ1n) is 17.2. The molecule has 0 bridgehead atoms. The average Bonchev–Trinajstić information content (AvgIpc) is 3.11. The number of hydrogen-bond acceptors (Lipinski definition) is 9. The number of carbonyl (C=O) groups excluding carboxylic acids is 1. The number of aromatic nitrogens is 3. The number of carbonyl (C=O) groups is 1. The maximum absolute atomic E-state index is 15.1. The molecule has 9 nitrogen and oxygen atoms in total. The molecule has 11 heteroatoms. The van der Waals surface area contributed by atoms with E-state index in [1.54, 1.807) is 24.4 Å². The third-order valence-electron chi connectivity index (χ3n) is 8.81. The molecule has 5 atom stereocenters. The van der Waals surface area contributed by atoms with E-state index in [0.29, 0.717) is 35.5 Å². The number of halogens is 2. The summed E-state index contributed by atoms with van der Waals surface area (Å²) in [5, 5.41) is 16.0. The van der Waals surface area contributed by atoms with Gasteiger partial charge in [-0.1, -0.05) is 27.7 Å². The number of aliphatic hydroxyl groups excluding tert-OH is 1. The molecule has 3 aromatic rings. The van der Waals surface area contributed by atoms with Gasteiger partial charge in [0.1, 0.15) is 42.2 Å². The van der Waals surface area contributed by atoms with Crippen molar-refractivity contribution in [2.75, 3.05) is 30.4 Å². The van der Waals surface area contributed by atoms with Crippen LogP contribution in [0.4, 0.5) is 26.0 Å². The number of pyridine rings is 1. The molecule has 0 spiro atoms. The molecule has 2 aliphatic rings. The normalized spacial score (nSPS) is 21.8. The Morgan fingerprint density at radius 2 is 1.85 bits per heavy atom. The summed E-state index contributed by atoms with van der Waals surface area (Å²) >= 11 is 0. The Morgan fingerprint density at radius 1 is 1.12 bits per heavy atom. The van der Waals surface area contributed by atoms with Gasteiger partial charge >= 0.3 is 0 Å². The molecule has 48 heavy (non-hydrogen) atoms. The summed E-state index contributed by atoms with van der Waals surface area (Å²) in [6, 6.07) is 8.49. The molecule has 3 heterocycles. The Morgan fingerprint density at radius 3 is 2.50 bits per heavy atom. The van der Waals surface area contributed by atoms with Crippen molar-refractivity contribution in [2.45, 2.75) is 104 Å². The molecule has 0 radical (unpaired) electrons. The van der Waals surface area contributed by atoms with Crippen LogP contribution in [0.2, 0.25) is 0 Å². The van der Waals surface area contributed by atoms with Crippen LogP contribution in [-0.4, -0.2) is 77.1 Å². The van der Waals surface area contributed by atoms with E-state index in [0.717, 1.165) is 61.3 Å². The molecule has 1 saturated heterocycles. The highest BCUT2D eigenvalue weighted by atomic mass is 19.1. The second-order valence-corrected chi connectivity index (χ2v) is 12.2. The van der Waals surface area contributed by atoms with Gasteiger partial charge in [0, 0.05) is 48.4 Å². The minimum atomic E-state index is -1.08. The van der Waals surface area contributed by atoms with Crippen molar-refractivity contribution < 1.29 is 18.7 Å². The first kappa shape index (κ1) is 38.6. The number of nitrogens with one attached hydrogen (secondary N) is 2. The highest BCUT2D eigenvalue weighted by molar-refractivity contribution is 5.83. The fourth-order valence-electron chi connectivity index (χ4n) is 6.00. The first-order chi connectivity index (χ1) is 23.2. The summed E-state index contributed by atoms with van der Waals surface area (Å²) in [5.41, 5.74) is 4.93. The lowest BCUT2D eigenvalue weighted by atomic mass is 9.81. The van der Waals surface area contributed by atoms with Crippen LogP contribution in [0, 0.1) is 12.8 Å². The topological polar surface area (TPSA) is 116 Å². The number of aldehydes is 1. The van der Waals surface area contributed by atoms with Gasteiger partial charge < -0.3 is 20.6 Å². The van der Waals surface area contributed by atoms with Crippen molar-refractivity contribution in [2.24, 2.45) is 10.9 Å². The number of hydrogen-bond donors (Lipinski definition) is 3.